The van der Waals surface area contributed by atoms with Crippen molar-refractivity contribution in [3.63, 3.8) is 0 Å². The summed E-state index contributed by atoms with van der Waals surface area (Å²) >= 11 is 6.00. The Balaban J connectivity index is 2.13. The zero-order valence-corrected chi connectivity index (χ0v) is 9.69. The number of rotatable bonds is 3. The fourth-order valence-corrected chi connectivity index (χ4v) is 1.55. The summed E-state index contributed by atoms with van der Waals surface area (Å²) in [6.07, 6.45) is 1.56. The quantitative estimate of drug-likeness (QED) is 0.833. The molecule has 0 N–H and O–H groups in total. The molecule has 0 aliphatic heterocycles. The minimum atomic E-state index is 0.277. The molecule has 0 saturated carbocycles. The van der Waals surface area contributed by atoms with Crippen LogP contribution in [0.3, 0.4) is 0 Å². The lowest BCUT2D eigenvalue weighted by atomic mass is 10.2. The molecule has 0 unspecified atom stereocenters. The van der Waals surface area contributed by atoms with Gasteiger partial charge in [-0.2, -0.15) is 5.26 Å². The van der Waals surface area contributed by atoms with E-state index in [2.05, 4.69) is 4.98 Å². The normalized spacial score (nSPS) is 9.65. The molecule has 4 heteroatoms. The molecule has 0 aliphatic rings. The molecule has 3 nitrogen and oxygen atoms in total. The van der Waals surface area contributed by atoms with E-state index in [-0.39, 0.29) is 5.69 Å². The molecule has 0 spiro atoms. The van der Waals surface area contributed by atoms with E-state index in [0.717, 1.165) is 5.56 Å². The zero-order valence-electron chi connectivity index (χ0n) is 8.93. The number of nitriles is 1. The first-order valence-corrected chi connectivity index (χ1v) is 5.40. The van der Waals surface area contributed by atoms with Gasteiger partial charge in [-0.3, -0.25) is 0 Å². The van der Waals surface area contributed by atoms with Crippen LogP contribution in [0.4, 0.5) is 0 Å². The average Bonchev–Trinajstić information content (AvgIpc) is 2.38. The van der Waals surface area contributed by atoms with Gasteiger partial charge in [-0.25, -0.2) is 4.98 Å². The van der Waals surface area contributed by atoms with E-state index in [1.54, 1.807) is 24.4 Å². The average molecular weight is 245 g/mol. The van der Waals surface area contributed by atoms with Crippen LogP contribution in [0, 0.1) is 11.3 Å². The molecule has 1 aromatic heterocycles. The van der Waals surface area contributed by atoms with Gasteiger partial charge in [0.1, 0.15) is 12.7 Å². The van der Waals surface area contributed by atoms with Gasteiger partial charge in [0.25, 0.3) is 0 Å². The summed E-state index contributed by atoms with van der Waals surface area (Å²) in [5, 5.41) is 9.50. The third-order valence-corrected chi connectivity index (χ3v) is 2.59. The van der Waals surface area contributed by atoms with Gasteiger partial charge in [-0.15, -0.1) is 0 Å². The van der Waals surface area contributed by atoms with Gasteiger partial charge in [0.2, 0.25) is 0 Å². The third kappa shape index (κ3) is 2.74. The first-order chi connectivity index (χ1) is 8.31. The van der Waals surface area contributed by atoms with Crippen LogP contribution in [0.2, 0.25) is 5.02 Å². The molecule has 0 atom stereocenters. The van der Waals surface area contributed by atoms with E-state index in [9.17, 15) is 0 Å². The summed E-state index contributed by atoms with van der Waals surface area (Å²) < 4.78 is 5.53. The van der Waals surface area contributed by atoms with Crippen LogP contribution in [0.25, 0.3) is 0 Å². The summed E-state index contributed by atoms with van der Waals surface area (Å²) in [5.74, 6) is 0.468. The van der Waals surface area contributed by atoms with E-state index in [4.69, 9.17) is 21.6 Å². The Morgan fingerprint density at radius 2 is 2.06 bits per heavy atom. The van der Waals surface area contributed by atoms with E-state index in [1.165, 1.54) is 0 Å². The first-order valence-electron chi connectivity index (χ1n) is 5.02. The highest BCUT2D eigenvalue weighted by molar-refractivity contribution is 6.31. The van der Waals surface area contributed by atoms with Gasteiger partial charge in [-0.05, 0) is 18.2 Å². The fraction of sp³-hybridized carbons (Fsp3) is 0.0769. The number of ether oxygens (including phenoxy) is 1. The Morgan fingerprint density at radius 1 is 1.24 bits per heavy atom. The molecule has 0 saturated heterocycles. The van der Waals surface area contributed by atoms with Crippen molar-refractivity contribution in [3.05, 3.63) is 58.9 Å². The highest BCUT2D eigenvalue weighted by atomic mass is 35.5. The molecular formula is C13H9ClN2O. The minimum absolute atomic E-state index is 0.277. The molecule has 2 aromatic rings. The topological polar surface area (TPSA) is 45.9 Å². The van der Waals surface area contributed by atoms with Gasteiger partial charge < -0.3 is 4.74 Å². The van der Waals surface area contributed by atoms with E-state index < -0.39 is 0 Å². The van der Waals surface area contributed by atoms with Crippen LogP contribution >= 0.6 is 11.6 Å². The van der Waals surface area contributed by atoms with Crippen molar-refractivity contribution in [1.82, 2.24) is 4.98 Å². The van der Waals surface area contributed by atoms with Crippen LogP contribution in [-0.4, -0.2) is 4.98 Å². The van der Waals surface area contributed by atoms with Gasteiger partial charge >= 0.3 is 0 Å². The van der Waals surface area contributed by atoms with Crippen molar-refractivity contribution in [2.24, 2.45) is 0 Å². The number of halogens is 1. The smallest absolute Gasteiger partial charge is 0.182 e. The lowest BCUT2D eigenvalue weighted by Gasteiger charge is -2.07. The van der Waals surface area contributed by atoms with Crippen LogP contribution in [0.15, 0.2) is 42.6 Å². The Bertz CT molecular complexity index is 563. The predicted molar refractivity (Wildman–Crippen MR) is 64.7 cm³/mol. The maximum atomic E-state index is 8.85. The van der Waals surface area contributed by atoms with E-state index in [0.29, 0.717) is 17.4 Å². The summed E-state index contributed by atoms with van der Waals surface area (Å²) in [4.78, 5) is 3.91. The van der Waals surface area contributed by atoms with Crippen LogP contribution in [-0.2, 0) is 6.61 Å². The number of pyridine rings is 1. The summed E-state index contributed by atoms with van der Waals surface area (Å²) in [5.41, 5.74) is 1.15. The van der Waals surface area contributed by atoms with Crippen molar-refractivity contribution in [1.29, 1.82) is 5.26 Å². The van der Waals surface area contributed by atoms with Crippen molar-refractivity contribution >= 4 is 11.6 Å². The Kier molecular flexibility index (Phi) is 3.59. The second kappa shape index (κ2) is 5.33. The van der Waals surface area contributed by atoms with Crippen LogP contribution in [0.1, 0.15) is 11.3 Å². The Labute approximate surface area is 104 Å². The largest absolute Gasteiger partial charge is 0.486 e. The zero-order chi connectivity index (χ0) is 12.1. The second-order valence-corrected chi connectivity index (χ2v) is 3.75. The Hall–Kier alpha value is -2.05. The summed E-state index contributed by atoms with van der Waals surface area (Å²) in [6, 6.07) is 12.8. The molecule has 2 rings (SSSR count). The third-order valence-electron chi connectivity index (χ3n) is 2.22. The molecule has 0 fully saturated rings. The van der Waals surface area contributed by atoms with Gasteiger partial charge in [0, 0.05) is 16.8 Å². The molecule has 0 aliphatic carbocycles. The van der Waals surface area contributed by atoms with Crippen molar-refractivity contribution in [2.45, 2.75) is 6.61 Å². The van der Waals surface area contributed by atoms with Crippen molar-refractivity contribution < 1.29 is 4.74 Å². The number of aromatic nitrogens is 1. The number of hydrogen-bond acceptors (Lipinski definition) is 3. The standard InChI is InChI=1S/C13H9ClN2O/c14-11-5-2-1-4-10(11)9-17-13-6-3-7-16-12(13)8-15/h1-7H,9H2. The summed E-state index contributed by atoms with van der Waals surface area (Å²) in [6.45, 7) is 0.319. The monoisotopic (exact) mass is 244 g/mol. The molecule has 0 amide bonds. The number of hydrogen-bond donors (Lipinski definition) is 0. The lowest BCUT2D eigenvalue weighted by molar-refractivity contribution is 0.304. The van der Waals surface area contributed by atoms with Crippen molar-refractivity contribution in [2.75, 3.05) is 0 Å². The minimum Gasteiger partial charge on any atom is -0.486 e. The van der Waals surface area contributed by atoms with Crippen molar-refractivity contribution in [3.8, 4) is 11.8 Å². The highest BCUT2D eigenvalue weighted by Gasteiger charge is 2.05. The molecule has 1 aromatic carbocycles. The van der Waals surface area contributed by atoms with Crippen LogP contribution < -0.4 is 4.74 Å². The molecule has 1 heterocycles. The van der Waals surface area contributed by atoms with E-state index >= 15 is 0 Å². The SMILES string of the molecule is N#Cc1ncccc1OCc1ccccc1Cl. The van der Waals surface area contributed by atoms with Crippen LogP contribution in [0.5, 0.6) is 5.75 Å². The summed E-state index contributed by atoms with van der Waals surface area (Å²) in [7, 11) is 0. The number of benzene rings is 1. The van der Waals surface area contributed by atoms with Gasteiger partial charge in [0.15, 0.2) is 11.4 Å². The highest BCUT2D eigenvalue weighted by Crippen LogP contribution is 2.19. The molecule has 0 radical (unpaired) electrons. The fourth-order valence-electron chi connectivity index (χ4n) is 1.36. The Morgan fingerprint density at radius 3 is 2.82 bits per heavy atom. The second-order valence-electron chi connectivity index (χ2n) is 3.34. The molecule has 17 heavy (non-hydrogen) atoms. The molecular weight excluding hydrogens is 236 g/mol. The molecule has 84 valence electrons. The maximum absolute atomic E-state index is 8.85. The van der Waals surface area contributed by atoms with E-state index in [1.807, 2.05) is 24.3 Å². The lowest BCUT2D eigenvalue weighted by Crippen LogP contribution is -1.98. The molecule has 0 bridgehead atoms. The predicted octanol–water partition coefficient (Wildman–Crippen LogP) is 3.19. The maximum Gasteiger partial charge on any atom is 0.182 e. The number of nitrogens with zero attached hydrogens (tertiary/aromatic N) is 2. The van der Waals surface area contributed by atoms with Gasteiger partial charge in [0.05, 0.1) is 0 Å². The van der Waals surface area contributed by atoms with Gasteiger partial charge in [-0.1, -0.05) is 29.8 Å². The first kappa shape index (κ1) is 11.4.